The Hall–Kier alpha value is 0.150. The molecule has 1 rings (SSSR count). The lowest BCUT2D eigenvalue weighted by molar-refractivity contribution is 0.456. The molecule has 1 nitrogen and oxygen atoms in total. The SMILES string of the molecule is CC1CC(C)S(=O)C(C)C1. The second-order valence-corrected chi connectivity index (χ2v) is 5.79. The highest BCUT2D eigenvalue weighted by atomic mass is 32.2. The zero-order chi connectivity index (χ0) is 7.72. The minimum Gasteiger partial charge on any atom is -0.259 e. The van der Waals surface area contributed by atoms with Crippen LogP contribution in [0.1, 0.15) is 33.6 Å². The second kappa shape index (κ2) is 3.04. The van der Waals surface area contributed by atoms with Gasteiger partial charge in [0.25, 0.3) is 0 Å². The normalized spacial score (nSPS) is 49.1. The fourth-order valence-corrected chi connectivity index (χ4v) is 3.65. The van der Waals surface area contributed by atoms with Gasteiger partial charge in [-0.2, -0.15) is 0 Å². The van der Waals surface area contributed by atoms with E-state index in [1.165, 1.54) is 0 Å². The molecular weight excluding hydrogens is 144 g/mol. The predicted molar refractivity (Wildman–Crippen MR) is 45.5 cm³/mol. The Kier molecular flexibility index (Phi) is 2.50. The molecule has 0 spiro atoms. The molecule has 0 amide bonds. The van der Waals surface area contributed by atoms with E-state index in [4.69, 9.17) is 0 Å². The van der Waals surface area contributed by atoms with Crippen LogP contribution >= 0.6 is 0 Å². The first kappa shape index (κ1) is 8.25. The van der Waals surface area contributed by atoms with E-state index in [9.17, 15) is 4.21 Å². The van der Waals surface area contributed by atoms with Crippen molar-refractivity contribution in [2.45, 2.75) is 44.1 Å². The molecule has 0 bridgehead atoms. The van der Waals surface area contributed by atoms with Crippen LogP contribution in [0.2, 0.25) is 0 Å². The number of hydrogen-bond donors (Lipinski definition) is 0. The first-order chi connectivity index (χ1) is 4.61. The average molecular weight is 160 g/mol. The van der Waals surface area contributed by atoms with Gasteiger partial charge in [0, 0.05) is 21.3 Å². The standard InChI is InChI=1S/C8H16OS/c1-6-4-7(2)10(9)8(3)5-6/h6-8H,4-5H2,1-3H3. The highest BCUT2D eigenvalue weighted by molar-refractivity contribution is 7.86. The Balaban J connectivity index is 2.57. The lowest BCUT2D eigenvalue weighted by Gasteiger charge is -2.28. The zero-order valence-electron chi connectivity index (χ0n) is 6.96. The van der Waals surface area contributed by atoms with E-state index in [0.29, 0.717) is 10.5 Å². The summed E-state index contributed by atoms with van der Waals surface area (Å²) in [5.41, 5.74) is 0. The first-order valence-electron chi connectivity index (χ1n) is 4.00. The molecule has 2 unspecified atom stereocenters. The molecule has 0 aromatic rings. The van der Waals surface area contributed by atoms with Crippen molar-refractivity contribution in [2.75, 3.05) is 0 Å². The van der Waals surface area contributed by atoms with Crippen LogP contribution in [0.3, 0.4) is 0 Å². The van der Waals surface area contributed by atoms with Gasteiger partial charge < -0.3 is 0 Å². The van der Waals surface area contributed by atoms with Crippen molar-refractivity contribution >= 4 is 10.8 Å². The van der Waals surface area contributed by atoms with E-state index >= 15 is 0 Å². The van der Waals surface area contributed by atoms with E-state index in [2.05, 4.69) is 20.8 Å². The van der Waals surface area contributed by atoms with Gasteiger partial charge in [-0.1, -0.05) is 20.8 Å². The van der Waals surface area contributed by atoms with Gasteiger partial charge >= 0.3 is 0 Å². The second-order valence-electron chi connectivity index (χ2n) is 3.53. The third-order valence-electron chi connectivity index (χ3n) is 2.26. The molecule has 0 saturated carbocycles. The molecule has 2 heteroatoms. The molecule has 0 aromatic carbocycles. The van der Waals surface area contributed by atoms with Gasteiger partial charge in [-0.25, -0.2) is 0 Å². The van der Waals surface area contributed by atoms with E-state index in [-0.39, 0.29) is 0 Å². The van der Waals surface area contributed by atoms with Crippen LogP contribution in [0, 0.1) is 5.92 Å². The molecule has 1 aliphatic heterocycles. The summed E-state index contributed by atoms with van der Waals surface area (Å²) in [5, 5.41) is 0.859. The summed E-state index contributed by atoms with van der Waals surface area (Å²) >= 11 is 0. The summed E-state index contributed by atoms with van der Waals surface area (Å²) in [7, 11) is -0.550. The molecule has 2 atom stereocenters. The molecule has 0 aliphatic carbocycles. The molecule has 60 valence electrons. The van der Waals surface area contributed by atoms with Crippen molar-refractivity contribution in [3.05, 3.63) is 0 Å². The fourth-order valence-electron chi connectivity index (χ4n) is 1.82. The highest BCUT2D eigenvalue weighted by Gasteiger charge is 2.27. The fraction of sp³-hybridized carbons (Fsp3) is 1.00. The minimum atomic E-state index is -0.550. The Morgan fingerprint density at radius 2 is 1.50 bits per heavy atom. The smallest absolute Gasteiger partial charge is 0.0325 e. The maximum atomic E-state index is 11.4. The number of hydrogen-bond acceptors (Lipinski definition) is 1. The summed E-state index contributed by atoms with van der Waals surface area (Å²) in [6.45, 7) is 6.45. The van der Waals surface area contributed by atoms with E-state index in [1.54, 1.807) is 0 Å². The monoisotopic (exact) mass is 160 g/mol. The Bertz CT molecular complexity index is 130. The predicted octanol–water partition coefficient (Wildman–Crippen LogP) is 1.94. The van der Waals surface area contributed by atoms with Gasteiger partial charge in [0.05, 0.1) is 0 Å². The van der Waals surface area contributed by atoms with Crippen molar-refractivity contribution in [2.24, 2.45) is 5.92 Å². The van der Waals surface area contributed by atoms with Gasteiger partial charge in [-0.15, -0.1) is 0 Å². The van der Waals surface area contributed by atoms with Crippen molar-refractivity contribution in [3.8, 4) is 0 Å². The highest BCUT2D eigenvalue weighted by Crippen LogP contribution is 2.26. The third kappa shape index (κ3) is 1.60. The summed E-state index contributed by atoms with van der Waals surface area (Å²) in [5.74, 6) is 0.780. The van der Waals surface area contributed by atoms with Crippen LogP contribution in [0.5, 0.6) is 0 Å². The Labute approximate surface area is 65.7 Å². The summed E-state index contributed by atoms with van der Waals surface area (Å²) in [4.78, 5) is 0. The molecule has 0 radical (unpaired) electrons. The Morgan fingerprint density at radius 3 is 1.90 bits per heavy atom. The molecule has 1 fully saturated rings. The van der Waals surface area contributed by atoms with E-state index in [0.717, 1.165) is 18.8 Å². The van der Waals surface area contributed by atoms with Gasteiger partial charge in [0.1, 0.15) is 0 Å². The largest absolute Gasteiger partial charge is 0.259 e. The van der Waals surface area contributed by atoms with Crippen molar-refractivity contribution in [3.63, 3.8) is 0 Å². The maximum Gasteiger partial charge on any atom is 0.0325 e. The van der Waals surface area contributed by atoms with Crippen LogP contribution in [0.15, 0.2) is 0 Å². The number of rotatable bonds is 0. The zero-order valence-corrected chi connectivity index (χ0v) is 7.78. The molecule has 0 aromatic heterocycles. The van der Waals surface area contributed by atoms with Crippen LogP contribution in [0.25, 0.3) is 0 Å². The van der Waals surface area contributed by atoms with Gasteiger partial charge in [-0.05, 0) is 18.8 Å². The van der Waals surface area contributed by atoms with Crippen LogP contribution in [-0.2, 0) is 10.8 Å². The van der Waals surface area contributed by atoms with E-state index in [1.807, 2.05) is 0 Å². The Morgan fingerprint density at radius 1 is 1.10 bits per heavy atom. The van der Waals surface area contributed by atoms with Crippen LogP contribution in [-0.4, -0.2) is 14.7 Å². The van der Waals surface area contributed by atoms with Crippen molar-refractivity contribution in [1.29, 1.82) is 0 Å². The van der Waals surface area contributed by atoms with Gasteiger partial charge in [0.15, 0.2) is 0 Å². The quantitative estimate of drug-likeness (QED) is 0.529. The maximum absolute atomic E-state index is 11.4. The molecular formula is C8H16OS. The van der Waals surface area contributed by atoms with Gasteiger partial charge in [-0.3, -0.25) is 4.21 Å². The molecule has 0 N–H and O–H groups in total. The lowest BCUT2D eigenvalue weighted by Crippen LogP contribution is -2.30. The molecule has 1 aliphatic rings. The molecule has 1 saturated heterocycles. The first-order valence-corrected chi connectivity index (χ1v) is 5.28. The molecule has 1 heterocycles. The van der Waals surface area contributed by atoms with Crippen LogP contribution < -0.4 is 0 Å². The topological polar surface area (TPSA) is 17.1 Å². The van der Waals surface area contributed by atoms with Crippen LogP contribution in [0.4, 0.5) is 0 Å². The third-order valence-corrected chi connectivity index (χ3v) is 4.23. The average Bonchev–Trinajstić information content (AvgIpc) is 1.82. The van der Waals surface area contributed by atoms with Gasteiger partial charge in [0.2, 0.25) is 0 Å². The summed E-state index contributed by atoms with van der Waals surface area (Å²) in [6, 6.07) is 0. The van der Waals surface area contributed by atoms with Crippen molar-refractivity contribution in [1.82, 2.24) is 0 Å². The summed E-state index contributed by atoms with van der Waals surface area (Å²) < 4.78 is 11.4. The summed E-state index contributed by atoms with van der Waals surface area (Å²) in [6.07, 6.45) is 2.30. The van der Waals surface area contributed by atoms with Crippen molar-refractivity contribution < 1.29 is 4.21 Å². The van der Waals surface area contributed by atoms with E-state index < -0.39 is 10.8 Å². The lowest BCUT2D eigenvalue weighted by atomic mass is 10.00. The minimum absolute atomic E-state index is 0.429. The molecule has 10 heavy (non-hydrogen) atoms.